The Morgan fingerprint density at radius 1 is 1.33 bits per heavy atom. The zero-order valence-corrected chi connectivity index (χ0v) is 11.0. The Hall–Kier alpha value is -1.65. The van der Waals surface area contributed by atoms with Crippen LogP contribution in [-0.4, -0.2) is 12.1 Å². The lowest BCUT2D eigenvalue weighted by molar-refractivity contribution is -0.120. The predicted molar refractivity (Wildman–Crippen MR) is 75.2 cm³/mol. The van der Waals surface area contributed by atoms with Gasteiger partial charge in [-0.15, -0.1) is 0 Å². The number of carbonyl (C=O) groups is 1. The fraction of sp³-hybridized carbons (Fsp3) is 0.0769. The second-order valence-corrected chi connectivity index (χ2v) is 4.87. The van der Waals surface area contributed by atoms with Gasteiger partial charge in [-0.3, -0.25) is 4.79 Å². The molecule has 2 rings (SSSR count). The van der Waals surface area contributed by atoms with Crippen LogP contribution in [0.25, 0.3) is 0 Å². The molecule has 0 bridgehead atoms. The van der Waals surface area contributed by atoms with Crippen molar-refractivity contribution in [3.8, 4) is 0 Å². The van der Waals surface area contributed by atoms with E-state index in [1.165, 1.54) is 0 Å². The second kappa shape index (κ2) is 6.33. The minimum Gasteiger partial charge on any atom is -0.273 e. The molecule has 3 nitrogen and oxygen atoms in total. The van der Waals surface area contributed by atoms with Crippen LogP contribution < -0.4 is 5.43 Å². The minimum absolute atomic E-state index is 0.149. The maximum Gasteiger partial charge on any atom is 0.244 e. The molecular formula is C13H11ClN2OS. The van der Waals surface area contributed by atoms with Crippen molar-refractivity contribution >= 4 is 35.1 Å². The molecule has 92 valence electrons. The highest BCUT2D eigenvalue weighted by Crippen LogP contribution is 2.09. The number of hydrazone groups is 1. The molecule has 1 N–H and O–H groups in total. The van der Waals surface area contributed by atoms with Crippen molar-refractivity contribution in [2.45, 2.75) is 6.42 Å². The summed E-state index contributed by atoms with van der Waals surface area (Å²) in [5.74, 6) is -0.149. The summed E-state index contributed by atoms with van der Waals surface area (Å²) in [7, 11) is 0. The standard InChI is InChI=1S/C13H11ClN2OS/c14-12-3-1-10(2-4-12)7-13(17)16-15-8-11-5-6-18-9-11/h1-6,8-9H,7H2,(H,16,17)/b15-8+. The minimum atomic E-state index is -0.149. The largest absolute Gasteiger partial charge is 0.273 e. The molecule has 0 radical (unpaired) electrons. The summed E-state index contributed by atoms with van der Waals surface area (Å²) in [6.45, 7) is 0. The number of halogens is 1. The lowest BCUT2D eigenvalue weighted by Gasteiger charge is -2.00. The Labute approximate surface area is 114 Å². The normalized spacial score (nSPS) is 10.7. The lowest BCUT2D eigenvalue weighted by Crippen LogP contribution is -2.19. The number of hydrogen-bond donors (Lipinski definition) is 1. The number of amides is 1. The van der Waals surface area contributed by atoms with Crippen molar-refractivity contribution in [2.75, 3.05) is 0 Å². The topological polar surface area (TPSA) is 41.5 Å². The van der Waals surface area contributed by atoms with Crippen molar-refractivity contribution in [1.29, 1.82) is 0 Å². The van der Waals surface area contributed by atoms with E-state index >= 15 is 0 Å². The van der Waals surface area contributed by atoms with E-state index in [1.54, 1.807) is 29.7 Å². The fourth-order valence-corrected chi connectivity index (χ4v) is 2.09. The molecule has 0 aliphatic carbocycles. The van der Waals surface area contributed by atoms with Crippen LogP contribution in [0.1, 0.15) is 11.1 Å². The van der Waals surface area contributed by atoms with Gasteiger partial charge in [0.1, 0.15) is 0 Å². The van der Waals surface area contributed by atoms with Gasteiger partial charge in [0.25, 0.3) is 0 Å². The second-order valence-electron chi connectivity index (χ2n) is 3.65. The number of thiophene rings is 1. The molecule has 2 aromatic rings. The van der Waals surface area contributed by atoms with Crippen LogP contribution in [0.2, 0.25) is 5.02 Å². The molecule has 18 heavy (non-hydrogen) atoms. The Bertz CT molecular complexity index is 535. The Balaban J connectivity index is 1.84. The van der Waals surface area contributed by atoms with Crippen molar-refractivity contribution in [2.24, 2.45) is 5.10 Å². The van der Waals surface area contributed by atoms with Crippen LogP contribution in [0.4, 0.5) is 0 Å². The van der Waals surface area contributed by atoms with Gasteiger partial charge < -0.3 is 0 Å². The highest BCUT2D eigenvalue weighted by Gasteiger charge is 2.01. The summed E-state index contributed by atoms with van der Waals surface area (Å²) < 4.78 is 0. The van der Waals surface area contributed by atoms with E-state index < -0.39 is 0 Å². The zero-order chi connectivity index (χ0) is 12.8. The molecule has 1 heterocycles. The van der Waals surface area contributed by atoms with Gasteiger partial charge in [-0.25, -0.2) is 5.43 Å². The molecule has 0 aliphatic rings. The molecule has 0 saturated heterocycles. The smallest absolute Gasteiger partial charge is 0.244 e. The van der Waals surface area contributed by atoms with Crippen LogP contribution in [0.3, 0.4) is 0 Å². The third-order valence-corrected chi connectivity index (χ3v) is 3.18. The summed E-state index contributed by atoms with van der Waals surface area (Å²) in [4.78, 5) is 11.6. The summed E-state index contributed by atoms with van der Waals surface area (Å²) >= 11 is 7.35. The Morgan fingerprint density at radius 2 is 2.11 bits per heavy atom. The zero-order valence-electron chi connectivity index (χ0n) is 9.47. The molecule has 0 aliphatic heterocycles. The number of benzene rings is 1. The number of nitrogens with zero attached hydrogens (tertiary/aromatic N) is 1. The van der Waals surface area contributed by atoms with E-state index in [9.17, 15) is 4.79 Å². The molecule has 0 fully saturated rings. The van der Waals surface area contributed by atoms with Gasteiger partial charge in [0.2, 0.25) is 5.91 Å². The number of rotatable bonds is 4. The van der Waals surface area contributed by atoms with Crippen LogP contribution in [0, 0.1) is 0 Å². The van der Waals surface area contributed by atoms with Gasteiger partial charge in [-0.2, -0.15) is 16.4 Å². The van der Waals surface area contributed by atoms with E-state index in [1.807, 2.05) is 29.0 Å². The van der Waals surface area contributed by atoms with Crippen molar-refractivity contribution in [3.05, 3.63) is 57.2 Å². The fourth-order valence-electron chi connectivity index (χ4n) is 1.35. The molecule has 1 aromatic carbocycles. The highest BCUT2D eigenvalue weighted by molar-refractivity contribution is 7.08. The Morgan fingerprint density at radius 3 is 2.78 bits per heavy atom. The average molecular weight is 279 g/mol. The van der Waals surface area contributed by atoms with E-state index in [2.05, 4.69) is 10.5 Å². The van der Waals surface area contributed by atoms with Crippen molar-refractivity contribution < 1.29 is 4.79 Å². The van der Waals surface area contributed by atoms with Gasteiger partial charge in [0.05, 0.1) is 12.6 Å². The van der Waals surface area contributed by atoms with Gasteiger partial charge in [0, 0.05) is 10.6 Å². The quantitative estimate of drug-likeness (QED) is 0.678. The monoisotopic (exact) mass is 278 g/mol. The summed E-state index contributed by atoms with van der Waals surface area (Å²) in [6, 6.07) is 9.10. The van der Waals surface area contributed by atoms with E-state index in [-0.39, 0.29) is 12.3 Å². The molecule has 5 heteroatoms. The number of nitrogens with one attached hydrogen (secondary N) is 1. The number of hydrogen-bond acceptors (Lipinski definition) is 3. The summed E-state index contributed by atoms with van der Waals surface area (Å²) in [6.07, 6.45) is 1.91. The summed E-state index contributed by atoms with van der Waals surface area (Å²) in [5, 5.41) is 8.45. The van der Waals surface area contributed by atoms with Crippen LogP contribution >= 0.6 is 22.9 Å². The van der Waals surface area contributed by atoms with Crippen molar-refractivity contribution in [1.82, 2.24) is 5.43 Å². The maximum absolute atomic E-state index is 11.6. The first-order chi connectivity index (χ1) is 8.74. The summed E-state index contributed by atoms with van der Waals surface area (Å²) in [5.41, 5.74) is 4.37. The maximum atomic E-state index is 11.6. The van der Waals surface area contributed by atoms with E-state index in [4.69, 9.17) is 11.6 Å². The SMILES string of the molecule is O=C(Cc1ccc(Cl)cc1)N/N=C/c1ccsc1. The van der Waals surface area contributed by atoms with E-state index in [0.717, 1.165) is 11.1 Å². The molecule has 0 spiro atoms. The average Bonchev–Trinajstić information content (AvgIpc) is 2.85. The first-order valence-corrected chi connectivity index (χ1v) is 6.64. The molecule has 0 atom stereocenters. The van der Waals surface area contributed by atoms with Crippen molar-refractivity contribution in [3.63, 3.8) is 0 Å². The highest BCUT2D eigenvalue weighted by atomic mass is 35.5. The molecule has 0 unspecified atom stereocenters. The predicted octanol–water partition coefficient (Wildman–Crippen LogP) is 3.09. The van der Waals surface area contributed by atoms with Crippen LogP contribution in [0.5, 0.6) is 0 Å². The third-order valence-electron chi connectivity index (χ3n) is 2.22. The van der Waals surface area contributed by atoms with Gasteiger partial charge in [-0.05, 0) is 34.5 Å². The molecular weight excluding hydrogens is 268 g/mol. The lowest BCUT2D eigenvalue weighted by atomic mass is 10.1. The molecule has 1 aromatic heterocycles. The number of carbonyl (C=O) groups excluding carboxylic acids is 1. The first kappa shape index (κ1) is 12.8. The van der Waals surface area contributed by atoms with Crippen LogP contribution in [0.15, 0.2) is 46.2 Å². The van der Waals surface area contributed by atoms with Gasteiger partial charge in [-0.1, -0.05) is 23.7 Å². The Kier molecular flexibility index (Phi) is 4.50. The third kappa shape index (κ3) is 3.98. The van der Waals surface area contributed by atoms with Gasteiger partial charge >= 0.3 is 0 Å². The van der Waals surface area contributed by atoms with Gasteiger partial charge in [0.15, 0.2) is 0 Å². The first-order valence-electron chi connectivity index (χ1n) is 5.32. The van der Waals surface area contributed by atoms with Crippen LogP contribution in [-0.2, 0) is 11.2 Å². The molecule has 1 amide bonds. The molecule has 0 saturated carbocycles. The van der Waals surface area contributed by atoms with E-state index in [0.29, 0.717) is 5.02 Å².